The van der Waals surface area contributed by atoms with Gasteiger partial charge >= 0.3 is 0 Å². The molecule has 1 aliphatic rings. The molecule has 106 valence electrons. The number of anilines is 1. The molecule has 4 nitrogen and oxygen atoms in total. The maximum atomic E-state index is 9.05. The average Bonchev–Trinajstić information content (AvgIpc) is 2.84. The standard InChI is InChI=1S/C15H25N3O/c1-11(2)18(7-4-8-19)15-13(10-16)9-12-5-3-6-14(12)17-15/h9,11,19H,3-8,10,16H2,1-2H3. The van der Waals surface area contributed by atoms with Crippen molar-refractivity contribution in [3.8, 4) is 0 Å². The van der Waals surface area contributed by atoms with E-state index in [1.54, 1.807) is 0 Å². The molecule has 0 fully saturated rings. The number of nitrogens with zero attached hydrogens (tertiary/aromatic N) is 2. The number of fused-ring (bicyclic) bond motifs is 1. The van der Waals surface area contributed by atoms with Crippen molar-refractivity contribution in [3.63, 3.8) is 0 Å². The van der Waals surface area contributed by atoms with Crippen LogP contribution in [-0.4, -0.2) is 29.3 Å². The lowest BCUT2D eigenvalue weighted by molar-refractivity contribution is 0.288. The summed E-state index contributed by atoms with van der Waals surface area (Å²) < 4.78 is 0. The molecule has 1 aliphatic carbocycles. The van der Waals surface area contributed by atoms with Crippen molar-refractivity contribution in [3.05, 3.63) is 22.9 Å². The summed E-state index contributed by atoms with van der Waals surface area (Å²) in [7, 11) is 0. The van der Waals surface area contributed by atoms with Gasteiger partial charge in [0, 0.05) is 37.0 Å². The van der Waals surface area contributed by atoms with E-state index in [1.165, 1.54) is 17.7 Å². The summed E-state index contributed by atoms with van der Waals surface area (Å²) in [6.07, 6.45) is 4.18. The quantitative estimate of drug-likeness (QED) is 0.819. The van der Waals surface area contributed by atoms with E-state index < -0.39 is 0 Å². The molecule has 0 bridgehead atoms. The number of pyridine rings is 1. The number of nitrogens with two attached hydrogens (primary N) is 1. The number of aromatic nitrogens is 1. The van der Waals surface area contributed by atoms with Gasteiger partial charge in [0.1, 0.15) is 5.82 Å². The van der Waals surface area contributed by atoms with Crippen molar-refractivity contribution in [1.29, 1.82) is 0 Å². The minimum Gasteiger partial charge on any atom is -0.396 e. The monoisotopic (exact) mass is 263 g/mol. The van der Waals surface area contributed by atoms with Gasteiger partial charge in [-0.2, -0.15) is 0 Å². The molecule has 0 radical (unpaired) electrons. The lowest BCUT2D eigenvalue weighted by Gasteiger charge is -2.30. The molecule has 19 heavy (non-hydrogen) atoms. The van der Waals surface area contributed by atoms with Crippen molar-refractivity contribution in [2.75, 3.05) is 18.1 Å². The molecule has 2 rings (SSSR count). The van der Waals surface area contributed by atoms with E-state index >= 15 is 0 Å². The van der Waals surface area contributed by atoms with Crippen molar-refractivity contribution in [1.82, 2.24) is 4.98 Å². The van der Waals surface area contributed by atoms with E-state index in [2.05, 4.69) is 24.8 Å². The highest BCUT2D eigenvalue weighted by Gasteiger charge is 2.20. The predicted octanol–water partition coefficient (Wildman–Crippen LogP) is 1.63. The van der Waals surface area contributed by atoms with E-state index in [9.17, 15) is 0 Å². The largest absolute Gasteiger partial charge is 0.396 e. The smallest absolute Gasteiger partial charge is 0.133 e. The second-order valence-corrected chi connectivity index (χ2v) is 5.50. The third-order valence-electron chi connectivity index (χ3n) is 3.78. The van der Waals surface area contributed by atoms with E-state index in [0.29, 0.717) is 12.6 Å². The molecule has 1 aromatic rings. The third kappa shape index (κ3) is 3.07. The van der Waals surface area contributed by atoms with Crippen LogP contribution in [-0.2, 0) is 19.4 Å². The summed E-state index contributed by atoms with van der Waals surface area (Å²) in [6, 6.07) is 2.60. The Balaban J connectivity index is 2.34. The summed E-state index contributed by atoms with van der Waals surface area (Å²) in [5, 5.41) is 9.05. The zero-order valence-corrected chi connectivity index (χ0v) is 12.0. The Morgan fingerprint density at radius 1 is 1.42 bits per heavy atom. The molecule has 0 saturated carbocycles. The van der Waals surface area contributed by atoms with Crippen molar-refractivity contribution >= 4 is 5.82 Å². The van der Waals surface area contributed by atoms with Gasteiger partial charge in [0.25, 0.3) is 0 Å². The SMILES string of the molecule is CC(C)N(CCCO)c1nc2c(cc1CN)CCC2. The Morgan fingerprint density at radius 3 is 2.84 bits per heavy atom. The van der Waals surface area contributed by atoms with Crippen LogP contribution in [0.5, 0.6) is 0 Å². The first-order chi connectivity index (χ1) is 9.17. The Hall–Kier alpha value is -1.13. The Kier molecular flexibility index (Phi) is 4.77. The highest BCUT2D eigenvalue weighted by molar-refractivity contribution is 5.51. The summed E-state index contributed by atoms with van der Waals surface area (Å²) in [5.74, 6) is 1.02. The number of rotatable bonds is 6. The minimum atomic E-state index is 0.214. The molecule has 0 atom stereocenters. The van der Waals surface area contributed by atoms with E-state index in [1.807, 2.05) is 0 Å². The number of hydrogen-bond acceptors (Lipinski definition) is 4. The van der Waals surface area contributed by atoms with Crippen LogP contribution in [0, 0.1) is 0 Å². The van der Waals surface area contributed by atoms with Gasteiger partial charge in [-0.05, 0) is 51.2 Å². The number of aliphatic hydroxyl groups excluding tert-OH is 1. The van der Waals surface area contributed by atoms with Crippen LogP contribution >= 0.6 is 0 Å². The lowest BCUT2D eigenvalue weighted by atomic mass is 10.1. The summed E-state index contributed by atoms with van der Waals surface area (Å²) >= 11 is 0. The summed E-state index contributed by atoms with van der Waals surface area (Å²) in [6.45, 7) is 5.89. The van der Waals surface area contributed by atoms with Crippen LogP contribution in [0.1, 0.15) is 43.5 Å². The summed E-state index contributed by atoms with van der Waals surface area (Å²) in [5.41, 5.74) is 9.64. The first-order valence-electron chi connectivity index (χ1n) is 7.26. The van der Waals surface area contributed by atoms with E-state index in [0.717, 1.165) is 37.2 Å². The highest BCUT2D eigenvalue weighted by Crippen LogP contribution is 2.28. The molecule has 1 heterocycles. The van der Waals surface area contributed by atoms with Gasteiger partial charge in [-0.15, -0.1) is 0 Å². The molecule has 0 saturated heterocycles. The fraction of sp³-hybridized carbons (Fsp3) is 0.667. The van der Waals surface area contributed by atoms with E-state index in [-0.39, 0.29) is 6.61 Å². The van der Waals surface area contributed by atoms with Gasteiger partial charge in [0.05, 0.1) is 0 Å². The number of aliphatic hydroxyl groups is 1. The van der Waals surface area contributed by atoms with Gasteiger partial charge in [-0.3, -0.25) is 0 Å². The first-order valence-corrected chi connectivity index (χ1v) is 7.26. The molecule has 1 aromatic heterocycles. The second kappa shape index (κ2) is 6.35. The maximum absolute atomic E-state index is 9.05. The molecular formula is C15H25N3O. The van der Waals surface area contributed by atoms with Gasteiger partial charge in [0.15, 0.2) is 0 Å². The van der Waals surface area contributed by atoms with Crippen LogP contribution in [0.15, 0.2) is 6.07 Å². The summed E-state index contributed by atoms with van der Waals surface area (Å²) in [4.78, 5) is 7.12. The van der Waals surface area contributed by atoms with Gasteiger partial charge < -0.3 is 15.7 Å². The predicted molar refractivity (Wildman–Crippen MR) is 78.3 cm³/mol. The topological polar surface area (TPSA) is 62.4 Å². The normalized spacial score (nSPS) is 13.9. The minimum absolute atomic E-state index is 0.214. The van der Waals surface area contributed by atoms with Gasteiger partial charge in [-0.1, -0.05) is 0 Å². The fourth-order valence-electron chi connectivity index (χ4n) is 2.76. The molecule has 3 N–H and O–H groups in total. The van der Waals surface area contributed by atoms with Crippen LogP contribution in [0.25, 0.3) is 0 Å². The molecule has 0 unspecified atom stereocenters. The van der Waals surface area contributed by atoms with Crippen LogP contribution in [0.3, 0.4) is 0 Å². The van der Waals surface area contributed by atoms with Gasteiger partial charge in [-0.25, -0.2) is 4.98 Å². The fourth-order valence-corrected chi connectivity index (χ4v) is 2.76. The lowest BCUT2D eigenvalue weighted by Crippen LogP contribution is -2.34. The molecule has 0 aliphatic heterocycles. The third-order valence-corrected chi connectivity index (χ3v) is 3.78. The van der Waals surface area contributed by atoms with Gasteiger partial charge in [0.2, 0.25) is 0 Å². The number of hydrogen-bond donors (Lipinski definition) is 2. The zero-order valence-electron chi connectivity index (χ0n) is 12.0. The van der Waals surface area contributed by atoms with Crippen molar-refractivity contribution < 1.29 is 5.11 Å². The Bertz CT molecular complexity index is 432. The van der Waals surface area contributed by atoms with Crippen LogP contribution in [0.2, 0.25) is 0 Å². The first kappa shape index (κ1) is 14.3. The molecule has 0 aromatic carbocycles. The molecule has 0 amide bonds. The second-order valence-electron chi connectivity index (χ2n) is 5.50. The maximum Gasteiger partial charge on any atom is 0.133 e. The molecular weight excluding hydrogens is 238 g/mol. The highest BCUT2D eigenvalue weighted by atomic mass is 16.3. The van der Waals surface area contributed by atoms with Crippen molar-refractivity contribution in [2.24, 2.45) is 5.73 Å². The van der Waals surface area contributed by atoms with Crippen LogP contribution in [0.4, 0.5) is 5.82 Å². The zero-order chi connectivity index (χ0) is 13.8. The van der Waals surface area contributed by atoms with E-state index in [4.69, 9.17) is 15.8 Å². The molecule has 0 spiro atoms. The van der Waals surface area contributed by atoms with Crippen molar-refractivity contribution in [2.45, 2.75) is 52.1 Å². The van der Waals surface area contributed by atoms with Crippen LogP contribution < -0.4 is 10.6 Å². The Morgan fingerprint density at radius 2 is 2.21 bits per heavy atom. The number of aryl methyl sites for hydroxylation is 2. The average molecular weight is 263 g/mol. The molecule has 4 heteroatoms. The Labute approximate surface area is 115 Å².